The van der Waals surface area contributed by atoms with Gasteiger partial charge in [0.1, 0.15) is 11.9 Å². The van der Waals surface area contributed by atoms with Gasteiger partial charge in [-0.05, 0) is 30.2 Å². The highest BCUT2D eigenvalue weighted by Crippen LogP contribution is 2.25. The van der Waals surface area contributed by atoms with Crippen molar-refractivity contribution in [2.75, 3.05) is 0 Å². The molecule has 5 nitrogen and oxygen atoms in total. The van der Waals surface area contributed by atoms with E-state index in [0.29, 0.717) is 12.1 Å². The molecule has 0 aliphatic carbocycles. The van der Waals surface area contributed by atoms with Crippen LogP contribution in [0.5, 0.6) is 5.75 Å². The Morgan fingerprint density at radius 1 is 1.14 bits per heavy atom. The van der Waals surface area contributed by atoms with E-state index in [1.165, 1.54) is 17.1 Å². The van der Waals surface area contributed by atoms with E-state index in [0.717, 1.165) is 5.56 Å². The highest BCUT2D eigenvalue weighted by Gasteiger charge is 2.23. The summed E-state index contributed by atoms with van der Waals surface area (Å²) in [6.07, 6.45) is -0.918. The Morgan fingerprint density at radius 2 is 1.86 bits per heavy atom. The fraction of sp³-hybridized carbons (Fsp3) is 0.250. The van der Waals surface area contributed by atoms with Crippen LogP contribution >= 0.6 is 0 Å². The lowest BCUT2D eigenvalue weighted by Gasteiger charge is -2.27. The Balaban J connectivity index is 2.12. The number of aromatic hydroxyl groups is 1. The molecule has 5 heteroatoms. The summed E-state index contributed by atoms with van der Waals surface area (Å²) in [7, 11) is 0. The summed E-state index contributed by atoms with van der Waals surface area (Å²) in [4.78, 5) is 11.1. The third-order valence-electron chi connectivity index (χ3n) is 3.43. The Kier molecular flexibility index (Phi) is 4.90. The second-order valence-electron chi connectivity index (χ2n) is 4.95. The van der Waals surface area contributed by atoms with E-state index in [9.17, 15) is 15.1 Å². The molecular formula is C16H18N2O3. The van der Waals surface area contributed by atoms with Gasteiger partial charge in [0.15, 0.2) is 0 Å². The van der Waals surface area contributed by atoms with Gasteiger partial charge in [-0.2, -0.15) is 0 Å². The number of aliphatic hydroxyl groups is 1. The van der Waals surface area contributed by atoms with Gasteiger partial charge in [-0.25, -0.2) is 0 Å². The first kappa shape index (κ1) is 15.0. The van der Waals surface area contributed by atoms with E-state index in [2.05, 4.69) is 5.29 Å². The molecule has 0 heterocycles. The maximum atomic E-state index is 11.1. The van der Waals surface area contributed by atoms with Crippen molar-refractivity contribution >= 4 is 0 Å². The van der Waals surface area contributed by atoms with Crippen molar-refractivity contribution in [1.82, 2.24) is 5.01 Å². The maximum absolute atomic E-state index is 11.1. The first-order valence-electron chi connectivity index (χ1n) is 6.72. The highest BCUT2D eigenvalue weighted by atomic mass is 16.3. The number of nitrogens with zero attached hydrogens (tertiary/aromatic N) is 2. The maximum Gasteiger partial charge on any atom is 0.115 e. The predicted octanol–water partition coefficient (Wildman–Crippen LogP) is 3.00. The van der Waals surface area contributed by atoms with Gasteiger partial charge in [0.05, 0.1) is 17.9 Å². The van der Waals surface area contributed by atoms with Crippen LogP contribution in [0.2, 0.25) is 0 Å². The molecule has 0 bridgehead atoms. The molecule has 0 aliphatic rings. The quantitative estimate of drug-likeness (QED) is 0.632. The van der Waals surface area contributed by atoms with Crippen molar-refractivity contribution in [1.29, 1.82) is 0 Å². The van der Waals surface area contributed by atoms with Crippen molar-refractivity contribution in [2.24, 2.45) is 5.29 Å². The van der Waals surface area contributed by atoms with Crippen molar-refractivity contribution in [3.8, 4) is 5.75 Å². The van der Waals surface area contributed by atoms with Crippen molar-refractivity contribution in [3.63, 3.8) is 0 Å². The molecule has 0 aliphatic heterocycles. The Hall–Kier alpha value is -2.40. The number of hydrogen-bond donors (Lipinski definition) is 2. The van der Waals surface area contributed by atoms with Crippen LogP contribution in [0.4, 0.5) is 0 Å². The summed E-state index contributed by atoms with van der Waals surface area (Å²) in [6.45, 7) is 2.04. The van der Waals surface area contributed by atoms with Crippen LogP contribution in [0, 0.1) is 4.91 Å². The summed E-state index contributed by atoms with van der Waals surface area (Å²) >= 11 is 0. The molecule has 0 saturated heterocycles. The fourth-order valence-electron chi connectivity index (χ4n) is 2.17. The monoisotopic (exact) mass is 286 g/mol. The highest BCUT2D eigenvalue weighted by molar-refractivity contribution is 5.29. The molecular weight excluding hydrogens is 268 g/mol. The number of aliphatic hydroxyl groups excluding tert-OH is 1. The lowest BCUT2D eigenvalue weighted by Crippen LogP contribution is -2.32. The predicted molar refractivity (Wildman–Crippen MR) is 80.3 cm³/mol. The Labute approximate surface area is 123 Å². The molecule has 0 aromatic heterocycles. The minimum absolute atomic E-state index is 0.0763. The molecule has 2 aromatic rings. The van der Waals surface area contributed by atoms with Gasteiger partial charge in [0.2, 0.25) is 0 Å². The van der Waals surface area contributed by atoms with Gasteiger partial charge >= 0.3 is 0 Å². The molecule has 21 heavy (non-hydrogen) atoms. The van der Waals surface area contributed by atoms with Gasteiger partial charge < -0.3 is 10.2 Å². The molecule has 0 radical (unpaired) electrons. The molecule has 0 spiro atoms. The third-order valence-corrected chi connectivity index (χ3v) is 3.43. The average molecular weight is 286 g/mol. The van der Waals surface area contributed by atoms with Crippen LogP contribution in [0.25, 0.3) is 0 Å². The summed E-state index contributed by atoms with van der Waals surface area (Å²) in [5, 5.41) is 24.1. The van der Waals surface area contributed by atoms with E-state index in [4.69, 9.17) is 0 Å². The van der Waals surface area contributed by atoms with Crippen molar-refractivity contribution in [3.05, 3.63) is 70.6 Å². The van der Waals surface area contributed by atoms with Crippen LogP contribution in [0.1, 0.15) is 24.2 Å². The van der Waals surface area contributed by atoms with Gasteiger partial charge in [-0.15, -0.1) is 4.91 Å². The first-order valence-corrected chi connectivity index (χ1v) is 6.72. The molecule has 2 N–H and O–H groups in total. The number of benzene rings is 2. The van der Waals surface area contributed by atoms with Gasteiger partial charge in [0, 0.05) is 0 Å². The topological polar surface area (TPSA) is 73.1 Å². The van der Waals surface area contributed by atoms with E-state index in [1.54, 1.807) is 19.1 Å². The number of phenols is 1. The van der Waals surface area contributed by atoms with Gasteiger partial charge in [0.25, 0.3) is 0 Å². The number of rotatable bonds is 6. The third kappa shape index (κ3) is 3.79. The first-order chi connectivity index (χ1) is 10.1. The molecule has 0 fully saturated rings. The van der Waals surface area contributed by atoms with Gasteiger partial charge in [-0.3, -0.25) is 5.01 Å². The van der Waals surface area contributed by atoms with Crippen molar-refractivity contribution < 1.29 is 10.2 Å². The summed E-state index contributed by atoms with van der Waals surface area (Å²) in [5.74, 6) is 0.0763. The second-order valence-corrected chi connectivity index (χ2v) is 4.95. The summed E-state index contributed by atoms with van der Waals surface area (Å²) < 4.78 is 0. The lowest BCUT2D eigenvalue weighted by molar-refractivity contribution is 0.0536. The van der Waals surface area contributed by atoms with E-state index < -0.39 is 12.1 Å². The number of nitroso groups, excluding NO2 is 1. The zero-order valence-corrected chi connectivity index (χ0v) is 11.8. The standard InChI is InChI=1S/C16H18N2O3/c1-12(16(20)14-8-5-9-15(19)10-14)18(17-21)11-13-6-3-2-4-7-13/h2-10,12,16,19-20H,11H2,1H3/t12-,16-/m0/s1. The second kappa shape index (κ2) is 6.85. The van der Waals surface area contributed by atoms with E-state index >= 15 is 0 Å². The minimum atomic E-state index is -0.918. The largest absolute Gasteiger partial charge is 0.508 e. The molecule has 2 aromatic carbocycles. The van der Waals surface area contributed by atoms with Crippen LogP contribution in [-0.2, 0) is 6.54 Å². The van der Waals surface area contributed by atoms with Gasteiger partial charge in [-0.1, -0.05) is 42.5 Å². The minimum Gasteiger partial charge on any atom is -0.508 e. The lowest BCUT2D eigenvalue weighted by atomic mass is 10.0. The molecule has 110 valence electrons. The fourth-order valence-corrected chi connectivity index (χ4v) is 2.17. The Bertz CT molecular complexity index is 589. The number of hydrogen-bond acceptors (Lipinski definition) is 4. The molecule has 0 amide bonds. The zero-order chi connectivity index (χ0) is 15.2. The van der Waals surface area contributed by atoms with Crippen LogP contribution in [-0.4, -0.2) is 21.3 Å². The van der Waals surface area contributed by atoms with E-state index in [1.807, 2.05) is 30.3 Å². The normalized spacial score (nSPS) is 13.4. The zero-order valence-electron chi connectivity index (χ0n) is 11.8. The van der Waals surface area contributed by atoms with Crippen LogP contribution in [0.15, 0.2) is 59.9 Å². The smallest absolute Gasteiger partial charge is 0.115 e. The van der Waals surface area contributed by atoms with Crippen molar-refractivity contribution in [2.45, 2.75) is 25.6 Å². The molecule has 2 rings (SSSR count). The van der Waals surface area contributed by atoms with E-state index in [-0.39, 0.29) is 5.75 Å². The summed E-state index contributed by atoms with van der Waals surface area (Å²) in [6, 6.07) is 15.3. The van der Waals surface area contributed by atoms with Crippen LogP contribution in [0.3, 0.4) is 0 Å². The average Bonchev–Trinajstić information content (AvgIpc) is 2.52. The molecule has 0 saturated carbocycles. The SMILES string of the molecule is C[C@@H]([C@H](O)c1cccc(O)c1)N(Cc1ccccc1)N=O. The van der Waals surface area contributed by atoms with Crippen LogP contribution < -0.4 is 0 Å². The summed E-state index contributed by atoms with van der Waals surface area (Å²) in [5.41, 5.74) is 1.48. The Morgan fingerprint density at radius 3 is 2.48 bits per heavy atom. The number of phenolic OH excluding ortho intramolecular Hbond substituents is 1. The molecule has 0 unspecified atom stereocenters. The molecule has 2 atom stereocenters.